The van der Waals surface area contributed by atoms with E-state index in [1.807, 2.05) is 30.3 Å². The van der Waals surface area contributed by atoms with Gasteiger partial charge in [0.05, 0.1) is 17.0 Å². The zero-order valence-corrected chi connectivity index (χ0v) is 8.47. The summed E-state index contributed by atoms with van der Waals surface area (Å²) in [6.45, 7) is 3.46. The van der Waals surface area contributed by atoms with Crippen LogP contribution in [0.25, 0.3) is 16.8 Å². The van der Waals surface area contributed by atoms with E-state index >= 15 is 0 Å². The molecule has 0 spiro atoms. The van der Waals surface area contributed by atoms with Gasteiger partial charge in [0, 0.05) is 5.56 Å². The number of rotatable bonds is 3. The van der Waals surface area contributed by atoms with E-state index in [0.29, 0.717) is 11.4 Å². The van der Waals surface area contributed by atoms with Crippen molar-refractivity contribution in [3.8, 4) is 11.3 Å². The first-order chi connectivity index (χ1) is 7.68. The average molecular weight is 214 g/mol. The summed E-state index contributed by atoms with van der Waals surface area (Å²) in [6.07, 6.45) is 0. The van der Waals surface area contributed by atoms with Crippen molar-refractivity contribution in [1.82, 2.24) is 10.2 Å². The van der Waals surface area contributed by atoms with Crippen LogP contribution in [0.3, 0.4) is 0 Å². The minimum Gasteiger partial charge on any atom is -0.478 e. The van der Waals surface area contributed by atoms with Gasteiger partial charge < -0.3 is 5.11 Å². The third kappa shape index (κ3) is 1.86. The summed E-state index contributed by atoms with van der Waals surface area (Å²) in [7, 11) is 0. The number of nitrogens with one attached hydrogen (secondary N) is 1. The Labute approximate surface area is 92.2 Å². The van der Waals surface area contributed by atoms with Crippen LogP contribution in [-0.2, 0) is 4.79 Å². The lowest BCUT2D eigenvalue weighted by molar-refractivity contribution is -0.130. The number of aliphatic carboxylic acids is 1. The van der Waals surface area contributed by atoms with Gasteiger partial charge >= 0.3 is 5.97 Å². The van der Waals surface area contributed by atoms with Gasteiger partial charge in [0.15, 0.2) is 0 Å². The number of aromatic amines is 1. The number of nitrogens with zero attached hydrogens (tertiary/aromatic N) is 1. The number of carboxylic acids is 1. The molecule has 1 aromatic carbocycles. The van der Waals surface area contributed by atoms with Crippen molar-refractivity contribution in [2.75, 3.05) is 0 Å². The molecule has 2 rings (SSSR count). The van der Waals surface area contributed by atoms with Crippen LogP contribution < -0.4 is 0 Å². The Morgan fingerprint density at radius 3 is 2.62 bits per heavy atom. The molecule has 0 aliphatic rings. The minimum absolute atomic E-state index is 0.00896. The monoisotopic (exact) mass is 214 g/mol. The fourth-order valence-electron chi connectivity index (χ4n) is 1.35. The normalized spacial score (nSPS) is 10.0. The predicted molar refractivity (Wildman–Crippen MR) is 60.7 cm³/mol. The molecule has 4 heteroatoms. The highest BCUT2D eigenvalue weighted by Crippen LogP contribution is 2.19. The van der Waals surface area contributed by atoms with E-state index < -0.39 is 5.97 Å². The molecular weight excluding hydrogens is 204 g/mol. The lowest BCUT2D eigenvalue weighted by Gasteiger charge is -1.93. The number of carbonyl (C=O) groups is 1. The van der Waals surface area contributed by atoms with Crippen LogP contribution >= 0.6 is 0 Å². The average Bonchev–Trinajstić information content (AvgIpc) is 2.78. The smallest absolute Gasteiger partial charge is 0.337 e. The topological polar surface area (TPSA) is 66.0 Å². The molecule has 0 saturated carbocycles. The van der Waals surface area contributed by atoms with Gasteiger partial charge in [-0.3, -0.25) is 5.10 Å². The number of hydrogen-bond donors (Lipinski definition) is 2. The van der Waals surface area contributed by atoms with E-state index in [2.05, 4.69) is 16.8 Å². The molecule has 1 aromatic heterocycles. The number of H-pyrrole nitrogens is 1. The fraction of sp³-hybridized carbons (Fsp3) is 0. The first-order valence-corrected chi connectivity index (χ1v) is 4.72. The van der Waals surface area contributed by atoms with Gasteiger partial charge in [-0.05, 0) is 6.07 Å². The number of hydrogen-bond acceptors (Lipinski definition) is 2. The Morgan fingerprint density at radius 1 is 1.31 bits per heavy atom. The summed E-state index contributed by atoms with van der Waals surface area (Å²) in [5.74, 6) is -1.05. The second kappa shape index (κ2) is 4.02. The van der Waals surface area contributed by atoms with Gasteiger partial charge in [0.1, 0.15) is 0 Å². The summed E-state index contributed by atoms with van der Waals surface area (Å²) < 4.78 is 0. The van der Waals surface area contributed by atoms with Crippen LogP contribution in [0.4, 0.5) is 0 Å². The standard InChI is InChI=1S/C12H10N2O2/c1-8(12(15)16)10-7-11(14-13-10)9-5-3-2-4-6-9/h2-7H,1H2,(H,13,14)(H,15,16). The summed E-state index contributed by atoms with van der Waals surface area (Å²) in [6, 6.07) is 11.2. The number of benzene rings is 1. The van der Waals surface area contributed by atoms with E-state index in [-0.39, 0.29) is 5.57 Å². The molecule has 2 N–H and O–H groups in total. The Kier molecular flexibility index (Phi) is 2.55. The van der Waals surface area contributed by atoms with Crippen molar-refractivity contribution < 1.29 is 9.90 Å². The molecule has 0 fully saturated rings. The van der Waals surface area contributed by atoms with E-state index in [1.165, 1.54) is 0 Å². The zero-order valence-electron chi connectivity index (χ0n) is 8.47. The first-order valence-electron chi connectivity index (χ1n) is 4.72. The summed E-state index contributed by atoms with van der Waals surface area (Å²) in [4.78, 5) is 10.7. The molecule has 0 atom stereocenters. The van der Waals surface area contributed by atoms with Gasteiger partial charge in [0.2, 0.25) is 0 Å². The first kappa shape index (κ1) is 10.2. The lowest BCUT2D eigenvalue weighted by Crippen LogP contribution is -1.97. The van der Waals surface area contributed by atoms with Crippen molar-refractivity contribution in [2.24, 2.45) is 0 Å². The van der Waals surface area contributed by atoms with Crippen molar-refractivity contribution >= 4 is 11.5 Å². The van der Waals surface area contributed by atoms with E-state index in [9.17, 15) is 4.79 Å². The van der Waals surface area contributed by atoms with E-state index in [4.69, 9.17) is 5.11 Å². The van der Waals surface area contributed by atoms with E-state index in [0.717, 1.165) is 5.56 Å². The highest BCUT2D eigenvalue weighted by atomic mass is 16.4. The minimum atomic E-state index is -1.05. The third-order valence-electron chi connectivity index (χ3n) is 2.23. The van der Waals surface area contributed by atoms with Crippen LogP contribution in [0.15, 0.2) is 43.0 Å². The predicted octanol–water partition coefficient (Wildman–Crippen LogP) is 2.17. The molecule has 1 heterocycles. The lowest BCUT2D eigenvalue weighted by atomic mass is 10.1. The molecule has 0 saturated heterocycles. The highest BCUT2D eigenvalue weighted by molar-refractivity contribution is 6.13. The van der Waals surface area contributed by atoms with Gasteiger partial charge in [-0.15, -0.1) is 0 Å². The summed E-state index contributed by atoms with van der Waals surface area (Å²) >= 11 is 0. The highest BCUT2D eigenvalue weighted by Gasteiger charge is 2.11. The number of aromatic nitrogens is 2. The molecule has 0 aliphatic heterocycles. The van der Waals surface area contributed by atoms with Crippen molar-refractivity contribution in [1.29, 1.82) is 0 Å². The SMILES string of the molecule is C=C(C(=O)O)c1cc(-c2ccccc2)n[nH]1. The molecule has 4 nitrogen and oxygen atoms in total. The van der Waals surface area contributed by atoms with Crippen molar-refractivity contribution in [3.05, 3.63) is 48.7 Å². The molecule has 0 bridgehead atoms. The number of carboxylic acid groups (broad SMARTS) is 1. The van der Waals surface area contributed by atoms with Crippen molar-refractivity contribution in [3.63, 3.8) is 0 Å². The second-order valence-corrected chi connectivity index (χ2v) is 3.32. The Morgan fingerprint density at radius 2 is 2.00 bits per heavy atom. The zero-order chi connectivity index (χ0) is 11.5. The van der Waals surface area contributed by atoms with E-state index in [1.54, 1.807) is 6.07 Å². The van der Waals surface area contributed by atoms with Gasteiger partial charge in [-0.25, -0.2) is 4.79 Å². The van der Waals surface area contributed by atoms with Crippen LogP contribution in [-0.4, -0.2) is 21.3 Å². The Bertz CT molecular complexity index is 529. The van der Waals surface area contributed by atoms with Crippen LogP contribution in [0.1, 0.15) is 5.69 Å². The Balaban J connectivity index is 2.34. The molecule has 2 aromatic rings. The molecule has 16 heavy (non-hydrogen) atoms. The molecule has 0 radical (unpaired) electrons. The Hall–Kier alpha value is -2.36. The maximum absolute atomic E-state index is 10.7. The quantitative estimate of drug-likeness (QED) is 0.769. The molecule has 0 amide bonds. The summed E-state index contributed by atoms with van der Waals surface area (Å²) in [5.41, 5.74) is 2.07. The maximum Gasteiger partial charge on any atom is 0.337 e. The molecule has 80 valence electrons. The van der Waals surface area contributed by atoms with Gasteiger partial charge in [-0.1, -0.05) is 36.9 Å². The maximum atomic E-state index is 10.7. The van der Waals surface area contributed by atoms with Crippen molar-refractivity contribution in [2.45, 2.75) is 0 Å². The molecular formula is C12H10N2O2. The largest absolute Gasteiger partial charge is 0.478 e. The fourth-order valence-corrected chi connectivity index (χ4v) is 1.35. The van der Waals surface area contributed by atoms with Crippen LogP contribution in [0, 0.1) is 0 Å². The third-order valence-corrected chi connectivity index (χ3v) is 2.23. The molecule has 0 unspecified atom stereocenters. The second-order valence-electron chi connectivity index (χ2n) is 3.32. The van der Waals surface area contributed by atoms with Crippen LogP contribution in [0.5, 0.6) is 0 Å². The van der Waals surface area contributed by atoms with Gasteiger partial charge in [0.25, 0.3) is 0 Å². The van der Waals surface area contributed by atoms with Gasteiger partial charge in [-0.2, -0.15) is 5.10 Å². The summed E-state index contributed by atoms with van der Waals surface area (Å²) in [5, 5.41) is 15.5. The van der Waals surface area contributed by atoms with Crippen LogP contribution in [0.2, 0.25) is 0 Å². The molecule has 0 aliphatic carbocycles.